The van der Waals surface area contributed by atoms with Gasteiger partial charge >= 0.3 is 0 Å². The number of fused-ring (bicyclic) bond motifs is 1. The number of hydrogen-bond acceptors (Lipinski definition) is 5. The monoisotopic (exact) mass is 488 g/mol. The number of methoxy groups -OCH3 is 2. The summed E-state index contributed by atoms with van der Waals surface area (Å²) in [4.78, 5) is 19.1. The lowest BCUT2D eigenvalue weighted by Gasteiger charge is -2.19. The highest BCUT2D eigenvalue weighted by Gasteiger charge is 2.22. The van der Waals surface area contributed by atoms with E-state index in [1.54, 1.807) is 18.8 Å². The van der Waals surface area contributed by atoms with E-state index in [1.807, 2.05) is 84.9 Å². The molecule has 1 aliphatic heterocycles. The van der Waals surface area contributed by atoms with E-state index in [9.17, 15) is 4.79 Å². The van der Waals surface area contributed by atoms with Crippen LogP contribution in [0.3, 0.4) is 0 Å². The largest absolute Gasteiger partial charge is 0.493 e. The Morgan fingerprint density at radius 3 is 2.44 bits per heavy atom. The molecule has 5 rings (SSSR count). The van der Waals surface area contributed by atoms with E-state index in [0.717, 1.165) is 22.4 Å². The van der Waals surface area contributed by atoms with Crippen LogP contribution in [0.25, 0.3) is 11.8 Å². The smallest absolute Gasteiger partial charge is 0.271 e. The number of halogens is 1. The van der Waals surface area contributed by atoms with Crippen molar-refractivity contribution in [2.75, 3.05) is 14.2 Å². The fraction of sp³-hybridized carbons (Fsp3) is 0.111. The minimum absolute atomic E-state index is 0.114. The fourth-order valence-electron chi connectivity index (χ4n) is 4.02. The van der Waals surface area contributed by atoms with Gasteiger partial charge in [-0.15, -0.1) is 0 Å². The van der Waals surface area contributed by atoms with Gasteiger partial charge in [-0.3, -0.25) is 9.36 Å². The van der Waals surface area contributed by atoms with Crippen LogP contribution in [-0.2, 0) is 0 Å². The molecular weight excluding hydrogens is 468 g/mol. The number of benzene rings is 3. The number of ether oxygens (including phenoxy) is 2. The number of hydrogen-bond donors (Lipinski definition) is 0. The van der Waals surface area contributed by atoms with Crippen molar-refractivity contribution < 1.29 is 9.47 Å². The first-order chi connectivity index (χ1) is 16.6. The summed E-state index contributed by atoms with van der Waals surface area (Å²) in [6.07, 6.45) is 3.85. The van der Waals surface area contributed by atoms with E-state index in [1.165, 1.54) is 11.3 Å². The van der Waals surface area contributed by atoms with Gasteiger partial charge in [-0.25, -0.2) is 4.99 Å². The van der Waals surface area contributed by atoms with Crippen LogP contribution < -0.4 is 24.4 Å². The first-order valence-electron chi connectivity index (χ1n) is 10.6. The van der Waals surface area contributed by atoms with Gasteiger partial charge < -0.3 is 9.47 Å². The van der Waals surface area contributed by atoms with Crippen molar-refractivity contribution >= 4 is 34.7 Å². The van der Waals surface area contributed by atoms with Gasteiger partial charge in [-0.2, -0.15) is 0 Å². The molecule has 0 fully saturated rings. The average molecular weight is 489 g/mol. The van der Waals surface area contributed by atoms with Crippen LogP contribution in [0.15, 0.2) is 88.7 Å². The highest BCUT2D eigenvalue weighted by Crippen LogP contribution is 2.31. The Morgan fingerprint density at radius 2 is 1.74 bits per heavy atom. The van der Waals surface area contributed by atoms with Crippen molar-refractivity contribution in [1.29, 1.82) is 0 Å². The molecule has 1 unspecified atom stereocenters. The Morgan fingerprint density at radius 1 is 0.971 bits per heavy atom. The molecule has 0 N–H and O–H groups in total. The zero-order valence-corrected chi connectivity index (χ0v) is 20.1. The fourth-order valence-corrected chi connectivity index (χ4v) is 5.15. The van der Waals surface area contributed by atoms with Crippen LogP contribution in [0.5, 0.6) is 11.5 Å². The molecule has 0 saturated heterocycles. The van der Waals surface area contributed by atoms with Gasteiger partial charge in [0.05, 0.1) is 30.5 Å². The molecule has 7 heteroatoms. The number of para-hydroxylation sites is 1. The highest BCUT2D eigenvalue weighted by atomic mass is 35.5. The third-order valence-electron chi connectivity index (χ3n) is 5.65. The molecule has 0 aliphatic carbocycles. The van der Waals surface area contributed by atoms with E-state index in [-0.39, 0.29) is 11.6 Å². The molecule has 1 aliphatic rings. The summed E-state index contributed by atoms with van der Waals surface area (Å²) in [5, 5.41) is 0.647. The molecule has 34 heavy (non-hydrogen) atoms. The second-order valence-corrected chi connectivity index (χ2v) is 9.12. The standard InChI is InChI=1S/C27H21ClN2O3S/c1-32-23-10-6-9-19(25(23)33-2)15-24-26(31)30-22(18-11-13-20(28)14-12-18)16-21(29-27(30)34-24)17-7-4-3-5-8-17/h3-16,22H,1-2H3. The van der Waals surface area contributed by atoms with Crippen LogP contribution in [0.2, 0.25) is 5.02 Å². The predicted molar refractivity (Wildman–Crippen MR) is 136 cm³/mol. The van der Waals surface area contributed by atoms with Gasteiger partial charge in [-0.05, 0) is 41.5 Å². The molecule has 0 bridgehead atoms. The second kappa shape index (κ2) is 9.33. The lowest BCUT2D eigenvalue weighted by Crippen LogP contribution is -2.36. The molecule has 2 heterocycles. The van der Waals surface area contributed by atoms with Crippen molar-refractivity contribution in [1.82, 2.24) is 4.57 Å². The molecule has 0 spiro atoms. The summed E-state index contributed by atoms with van der Waals surface area (Å²) >= 11 is 7.48. The van der Waals surface area contributed by atoms with Gasteiger partial charge in [0.25, 0.3) is 5.56 Å². The van der Waals surface area contributed by atoms with Crippen molar-refractivity contribution in [2.45, 2.75) is 6.04 Å². The predicted octanol–water partition coefficient (Wildman–Crippen LogP) is 4.67. The van der Waals surface area contributed by atoms with Crippen molar-refractivity contribution in [3.05, 3.63) is 120 Å². The molecule has 3 aromatic carbocycles. The normalized spacial score (nSPS) is 15.3. The number of rotatable bonds is 5. The molecular formula is C27H21ClN2O3S. The zero-order valence-electron chi connectivity index (χ0n) is 18.6. The molecule has 5 nitrogen and oxygen atoms in total. The Bertz CT molecular complexity index is 1550. The topological polar surface area (TPSA) is 52.8 Å². The van der Waals surface area contributed by atoms with Gasteiger partial charge in [0, 0.05) is 10.6 Å². The van der Waals surface area contributed by atoms with Gasteiger partial charge in [0.2, 0.25) is 0 Å². The number of aromatic nitrogens is 1. The third kappa shape index (κ3) is 4.06. The number of nitrogens with zero attached hydrogens (tertiary/aromatic N) is 2. The Hall–Kier alpha value is -3.61. The van der Waals surface area contributed by atoms with Crippen LogP contribution in [0.1, 0.15) is 22.7 Å². The van der Waals surface area contributed by atoms with Gasteiger partial charge in [0.15, 0.2) is 16.3 Å². The lowest BCUT2D eigenvalue weighted by atomic mass is 10.0. The first-order valence-corrected chi connectivity index (χ1v) is 11.8. The summed E-state index contributed by atoms with van der Waals surface area (Å²) in [6.45, 7) is 0. The van der Waals surface area contributed by atoms with Crippen molar-refractivity contribution in [3.8, 4) is 11.5 Å². The minimum Gasteiger partial charge on any atom is -0.493 e. The van der Waals surface area contributed by atoms with E-state index in [2.05, 4.69) is 0 Å². The second-order valence-electron chi connectivity index (χ2n) is 7.68. The average Bonchev–Trinajstić information content (AvgIpc) is 3.19. The molecule has 170 valence electrons. The number of allylic oxidation sites excluding steroid dienone is 1. The summed E-state index contributed by atoms with van der Waals surface area (Å²) in [5.74, 6) is 1.18. The first kappa shape index (κ1) is 22.2. The zero-order chi connectivity index (χ0) is 23.7. The Kier molecular flexibility index (Phi) is 6.09. The van der Waals surface area contributed by atoms with Crippen LogP contribution in [-0.4, -0.2) is 18.8 Å². The molecule has 4 aromatic rings. The van der Waals surface area contributed by atoms with Crippen molar-refractivity contribution in [3.63, 3.8) is 0 Å². The van der Waals surface area contributed by atoms with E-state index in [4.69, 9.17) is 26.1 Å². The maximum absolute atomic E-state index is 13.6. The van der Waals surface area contributed by atoms with Crippen molar-refractivity contribution in [2.24, 2.45) is 4.99 Å². The van der Waals surface area contributed by atoms with E-state index >= 15 is 0 Å². The lowest BCUT2D eigenvalue weighted by molar-refractivity contribution is 0.354. The molecule has 1 atom stereocenters. The summed E-state index contributed by atoms with van der Waals surface area (Å²) in [7, 11) is 3.18. The Labute approximate surface area is 205 Å². The van der Waals surface area contributed by atoms with Gasteiger partial charge in [-0.1, -0.05) is 77.5 Å². The maximum atomic E-state index is 13.6. The van der Waals surface area contributed by atoms with Crippen LogP contribution in [0.4, 0.5) is 0 Å². The summed E-state index contributed by atoms with van der Waals surface area (Å²) in [5.41, 5.74) is 3.43. The third-order valence-corrected chi connectivity index (χ3v) is 6.88. The minimum atomic E-state index is -0.307. The summed E-state index contributed by atoms with van der Waals surface area (Å²) < 4.78 is 13.3. The number of thiazole rings is 1. The maximum Gasteiger partial charge on any atom is 0.271 e. The SMILES string of the molecule is COc1cccc(C=c2sc3n(c2=O)C(c2ccc(Cl)cc2)C=C(c2ccccc2)N=3)c1OC. The van der Waals surface area contributed by atoms with Gasteiger partial charge in [0.1, 0.15) is 0 Å². The molecule has 1 aromatic heterocycles. The molecule has 0 amide bonds. The van der Waals surface area contributed by atoms with Crippen LogP contribution in [0, 0.1) is 0 Å². The van der Waals surface area contributed by atoms with E-state index < -0.39 is 0 Å². The quantitative estimate of drug-likeness (QED) is 0.410. The highest BCUT2D eigenvalue weighted by molar-refractivity contribution is 7.07. The van der Waals surface area contributed by atoms with Crippen LogP contribution >= 0.6 is 22.9 Å². The van der Waals surface area contributed by atoms with E-state index in [0.29, 0.717) is 25.9 Å². The molecule has 0 radical (unpaired) electrons. The summed E-state index contributed by atoms with van der Waals surface area (Å²) in [6, 6.07) is 22.8. The molecule has 0 saturated carbocycles. The Balaban J connectivity index is 1.73.